The standard InChI is InChI=1S/C24H24ClNO3/c1-3-29-22-14-10-20(11-15-22)26-23(17-6-12-21(28-2)13-7-17)16-24(27)18-4-8-19(25)9-5-18/h4-15,23,26H,3,16H2,1-2H3. The number of halogens is 1. The molecule has 1 atom stereocenters. The van der Waals surface area contributed by atoms with E-state index in [9.17, 15) is 4.79 Å². The van der Waals surface area contributed by atoms with Gasteiger partial charge >= 0.3 is 0 Å². The highest BCUT2D eigenvalue weighted by Crippen LogP contribution is 2.27. The summed E-state index contributed by atoms with van der Waals surface area (Å²) in [5, 5.41) is 4.08. The first-order valence-corrected chi connectivity index (χ1v) is 9.89. The molecule has 0 amide bonds. The molecular weight excluding hydrogens is 386 g/mol. The third kappa shape index (κ3) is 5.75. The van der Waals surface area contributed by atoms with Crippen LogP contribution in [-0.2, 0) is 0 Å². The van der Waals surface area contributed by atoms with Gasteiger partial charge in [-0.25, -0.2) is 0 Å². The zero-order valence-corrected chi connectivity index (χ0v) is 17.3. The fraction of sp³-hybridized carbons (Fsp3) is 0.208. The largest absolute Gasteiger partial charge is 0.497 e. The first kappa shape index (κ1) is 20.7. The molecule has 0 aromatic heterocycles. The molecule has 3 aromatic carbocycles. The van der Waals surface area contributed by atoms with Crippen molar-refractivity contribution in [3.05, 3.63) is 88.9 Å². The number of ketones is 1. The third-order valence-corrected chi connectivity index (χ3v) is 4.83. The Kier molecular flexibility index (Phi) is 7.14. The van der Waals surface area contributed by atoms with Crippen molar-refractivity contribution in [2.75, 3.05) is 19.0 Å². The Bertz CT molecular complexity index is 922. The van der Waals surface area contributed by atoms with Gasteiger partial charge in [-0.3, -0.25) is 4.79 Å². The third-order valence-electron chi connectivity index (χ3n) is 4.58. The maximum absolute atomic E-state index is 12.9. The van der Waals surface area contributed by atoms with Crippen molar-refractivity contribution in [3.63, 3.8) is 0 Å². The van der Waals surface area contributed by atoms with Crippen LogP contribution in [0.15, 0.2) is 72.8 Å². The van der Waals surface area contributed by atoms with E-state index < -0.39 is 0 Å². The molecular formula is C24H24ClNO3. The molecule has 0 fully saturated rings. The van der Waals surface area contributed by atoms with Gasteiger partial charge in [-0.1, -0.05) is 23.7 Å². The van der Waals surface area contributed by atoms with Gasteiger partial charge in [0.1, 0.15) is 11.5 Å². The van der Waals surface area contributed by atoms with Crippen molar-refractivity contribution < 1.29 is 14.3 Å². The molecule has 0 bridgehead atoms. The van der Waals surface area contributed by atoms with Gasteiger partial charge in [-0.05, 0) is 73.2 Å². The van der Waals surface area contributed by atoms with Gasteiger partial charge in [-0.15, -0.1) is 0 Å². The number of anilines is 1. The number of carbonyl (C=O) groups is 1. The molecule has 0 aliphatic carbocycles. The Labute approximate surface area is 176 Å². The number of hydrogen-bond acceptors (Lipinski definition) is 4. The lowest BCUT2D eigenvalue weighted by Crippen LogP contribution is -2.16. The van der Waals surface area contributed by atoms with Gasteiger partial charge in [0.2, 0.25) is 0 Å². The van der Waals surface area contributed by atoms with Crippen LogP contribution in [0.25, 0.3) is 0 Å². The van der Waals surface area contributed by atoms with Crippen LogP contribution in [0.1, 0.15) is 35.3 Å². The second-order valence-electron chi connectivity index (χ2n) is 6.56. The minimum absolute atomic E-state index is 0.0425. The normalized spacial score (nSPS) is 11.6. The Morgan fingerprint density at radius 2 is 1.55 bits per heavy atom. The predicted molar refractivity (Wildman–Crippen MR) is 117 cm³/mol. The molecule has 0 radical (unpaired) electrons. The molecule has 0 aliphatic rings. The van der Waals surface area contributed by atoms with E-state index in [1.807, 2.05) is 55.5 Å². The van der Waals surface area contributed by atoms with Gasteiger partial charge in [0.25, 0.3) is 0 Å². The molecule has 3 rings (SSSR count). The van der Waals surface area contributed by atoms with Gasteiger partial charge in [-0.2, -0.15) is 0 Å². The fourth-order valence-corrected chi connectivity index (χ4v) is 3.17. The lowest BCUT2D eigenvalue weighted by atomic mass is 9.97. The van der Waals surface area contributed by atoms with E-state index >= 15 is 0 Å². The highest BCUT2D eigenvalue weighted by atomic mass is 35.5. The summed E-state index contributed by atoms with van der Waals surface area (Å²) in [6, 6.07) is 22.3. The van der Waals surface area contributed by atoms with Crippen LogP contribution in [0.5, 0.6) is 11.5 Å². The molecule has 5 heteroatoms. The summed E-state index contributed by atoms with van der Waals surface area (Å²) in [6.07, 6.45) is 0.307. The van der Waals surface area contributed by atoms with Gasteiger partial charge in [0.15, 0.2) is 5.78 Å². The van der Waals surface area contributed by atoms with Gasteiger partial charge in [0.05, 0.1) is 19.8 Å². The first-order valence-electron chi connectivity index (χ1n) is 9.51. The topological polar surface area (TPSA) is 47.6 Å². The Morgan fingerprint density at radius 3 is 2.14 bits per heavy atom. The molecule has 1 N–H and O–H groups in total. The number of ether oxygens (including phenoxy) is 2. The van der Waals surface area contributed by atoms with E-state index in [0.29, 0.717) is 23.6 Å². The fourth-order valence-electron chi connectivity index (χ4n) is 3.04. The maximum atomic E-state index is 12.9. The molecule has 0 heterocycles. The summed E-state index contributed by atoms with van der Waals surface area (Å²) in [5.74, 6) is 1.63. The zero-order valence-electron chi connectivity index (χ0n) is 16.5. The van der Waals surface area contributed by atoms with Crippen LogP contribution in [0.4, 0.5) is 5.69 Å². The number of methoxy groups -OCH3 is 1. The van der Waals surface area contributed by atoms with Crippen LogP contribution in [0.3, 0.4) is 0 Å². The molecule has 150 valence electrons. The highest BCUT2D eigenvalue weighted by Gasteiger charge is 2.18. The quantitative estimate of drug-likeness (QED) is 0.429. The van der Waals surface area contributed by atoms with Gasteiger partial charge in [0, 0.05) is 22.7 Å². The van der Waals surface area contributed by atoms with Crippen molar-refractivity contribution in [3.8, 4) is 11.5 Å². The van der Waals surface area contributed by atoms with E-state index in [0.717, 1.165) is 22.7 Å². The first-order chi connectivity index (χ1) is 14.1. The summed E-state index contributed by atoms with van der Waals surface area (Å²) < 4.78 is 10.8. The molecule has 1 unspecified atom stereocenters. The number of rotatable bonds is 9. The monoisotopic (exact) mass is 409 g/mol. The van der Waals surface area contributed by atoms with Crippen molar-refractivity contribution >= 4 is 23.1 Å². The second kappa shape index (κ2) is 9.99. The molecule has 0 saturated carbocycles. The van der Waals surface area contributed by atoms with E-state index in [2.05, 4.69) is 5.32 Å². The molecule has 0 spiro atoms. The minimum Gasteiger partial charge on any atom is -0.497 e. The minimum atomic E-state index is -0.193. The predicted octanol–water partition coefficient (Wildman–Crippen LogP) is 6.17. The average molecular weight is 410 g/mol. The van der Waals surface area contributed by atoms with Crippen molar-refractivity contribution in [2.45, 2.75) is 19.4 Å². The van der Waals surface area contributed by atoms with E-state index in [1.54, 1.807) is 31.4 Å². The van der Waals surface area contributed by atoms with Crippen molar-refractivity contribution in [1.29, 1.82) is 0 Å². The summed E-state index contributed by atoms with van der Waals surface area (Å²) in [5.41, 5.74) is 2.56. The Balaban J connectivity index is 1.82. The van der Waals surface area contributed by atoms with E-state index in [1.165, 1.54) is 0 Å². The van der Waals surface area contributed by atoms with E-state index in [4.69, 9.17) is 21.1 Å². The second-order valence-corrected chi connectivity index (χ2v) is 7.00. The molecule has 3 aromatic rings. The molecule has 4 nitrogen and oxygen atoms in total. The summed E-state index contributed by atoms with van der Waals surface area (Å²) in [4.78, 5) is 12.9. The zero-order chi connectivity index (χ0) is 20.6. The summed E-state index contributed by atoms with van der Waals surface area (Å²) in [7, 11) is 1.63. The Morgan fingerprint density at radius 1 is 0.931 bits per heavy atom. The molecule has 0 saturated heterocycles. The van der Waals surface area contributed by atoms with Crippen molar-refractivity contribution in [2.24, 2.45) is 0 Å². The molecule has 29 heavy (non-hydrogen) atoms. The van der Waals surface area contributed by atoms with Crippen LogP contribution in [0, 0.1) is 0 Å². The van der Waals surface area contributed by atoms with Gasteiger partial charge < -0.3 is 14.8 Å². The smallest absolute Gasteiger partial charge is 0.165 e. The summed E-state index contributed by atoms with van der Waals surface area (Å²) >= 11 is 5.94. The van der Waals surface area contributed by atoms with Crippen molar-refractivity contribution in [1.82, 2.24) is 0 Å². The van der Waals surface area contributed by atoms with Crippen LogP contribution >= 0.6 is 11.6 Å². The number of Topliss-reactive ketones (excluding diaryl/α,β-unsaturated/α-hetero) is 1. The van der Waals surface area contributed by atoms with Crippen LogP contribution in [-0.4, -0.2) is 19.5 Å². The summed E-state index contributed by atoms with van der Waals surface area (Å²) in [6.45, 7) is 2.57. The number of benzene rings is 3. The number of carbonyl (C=O) groups excluding carboxylic acids is 1. The van der Waals surface area contributed by atoms with Crippen LogP contribution < -0.4 is 14.8 Å². The lowest BCUT2D eigenvalue weighted by Gasteiger charge is -2.21. The maximum Gasteiger partial charge on any atom is 0.165 e. The average Bonchev–Trinajstić information content (AvgIpc) is 2.75. The van der Waals surface area contributed by atoms with Crippen LogP contribution in [0.2, 0.25) is 5.02 Å². The number of nitrogens with one attached hydrogen (secondary N) is 1. The SMILES string of the molecule is CCOc1ccc(NC(CC(=O)c2ccc(Cl)cc2)c2ccc(OC)cc2)cc1. The van der Waals surface area contributed by atoms with E-state index in [-0.39, 0.29) is 11.8 Å². The lowest BCUT2D eigenvalue weighted by molar-refractivity contribution is 0.0976. The number of hydrogen-bond donors (Lipinski definition) is 1. The highest BCUT2D eigenvalue weighted by molar-refractivity contribution is 6.30. The molecule has 0 aliphatic heterocycles. The Hall–Kier alpha value is -2.98.